The maximum Gasteiger partial charge on any atom is 0.357 e. The van der Waals surface area contributed by atoms with Crippen molar-refractivity contribution >= 4 is 23.3 Å². The summed E-state index contributed by atoms with van der Waals surface area (Å²) in [5.41, 5.74) is 8.41. The third-order valence-electron chi connectivity index (χ3n) is 5.09. The van der Waals surface area contributed by atoms with E-state index in [1.54, 1.807) is 16.7 Å². The average Bonchev–Trinajstić information content (AvgIpc) is 3.31. The predicted molar refractivity (Wildman–Crippen MR) is 102 cm³/mol. The first-order chi connectivity index (χ1) is 13.0. The maximum atomic E-state index is 12.5. The quantitative estimate of drug-likeness (QED) is 0.808. The van der Waals surface area contributed by atoms with E-state index in [0.717, 1.165) is 31.2 Å². The SMILES string of the molecule is COC(=O)c1c(N)c(C#N)cn1-c1cccc(NC(=O)C2CCCC2)c1C. The zero-order valence-corrected chi connectivity index (χ0v) is 15.4. The van der Waals surface area contributed by atoms with Gasteiger partial charge in [0.25, 0.3) is 0 Å². The third-order valence-corrected chi connectivity index (χ3v) is 5.09. The number of nitrogens with two attached hydrogens (primary N) is 1. The molecule has 140 valence electrons. The summed E-state index contributed by atoms with van der Waals surface area (Å²) in [5, 5.41) is 12.3. The van der Waals surface area contributed by atoms with Crippen LogP contribution in [0.2, 0.25) is 0 Å². The van der Waals surface area contributed by atoms with E-state index >= 15 is 0 Å². The Hall–Kier alpha value is -3.27. The highest BCUT2D eigenvalue weighted by Crippen LogP contribution is 2.31. The molecule has 2 aromatic rings. The Morgan fingerprint density at radius 3 is 2.67 bits per heavy atom. The number of methoxy groups -OCH3 is 1. The first-order valence-electron chi connectivity index (χ1n) is 8.88. The highest BCUT2D eigenvalue weighted by atomic mass is 16.5. The lowest BCUT2D eigenvalue weighted by atomic mass is 10.1. The molecule has 7 nitrogen and oxygen atoms in total. The van der Waals surface area contributed by atoms with Crippen molar-refractivity contribution in [1.82, 2.24) is 4.57 Å². The maximum absolute atomic E-state index is 12.5. The summed E-state index contributed by atoms with van der Waals surface area (Å²) in [6.07, 6.45) is 5.50. The Kier molecular flexibility index (Phi) is 5.17. The molecule has 1 amide bonds. The summed E-state index contributed by atoms with van der Waals surface area (Å²) in [7, 11) is 1.26. The second kappa shape index (κ2) is 7.54. The minimum atomic E-state index is -0.631. The first kappa shape index (κ1) is 18.5. The van der Waals surface area contributed by atoms with Crippen LogP contribution in [0.3, 0.4) is 0 Å². The topological polar surface area (TPSA) is 110 Å². The van der Waals surface area contributed by atoms with Gasteiger partial charge in [0.15, 0.2) is 5.69 Å². The molecule has 1 aliphatic rings. The number of hydrogen-bond donors (Lipinski definition) is 2. The number of esters is 1. The molecule has 0 atom stereocenters. The standard InChI is InChI=1S/C20H22N4O3/c1-12-15(23-19(25)13-6-3-4-7-13)8-5-9-16(12)24-11-14(10-21)17(22)18(24)20(26)27-2/h5,8-9,11,13H,3-4,6-7,22H2,1-2H3,(H,23,25). The number of aromatic nitrogens is 1. The number of benzene rings is 1. The van der Waals surface area contributed by atoms with E-state index in [1.807, 2.05) is 19.1 Å². The van der Waals surface area contributed by atoms with Gasteiger partial charge in [-0.2, -0.15) is 5.26 Å². The smallest absolute Gasteiger partial charge is 0.357 e. The van der Waals surface area contributed by atoms with Crippen molar-refractivity contribution in [2.24, 2.45) is 5.92 Å². The summed E-state index contributed by atoms with van der Waals surface area (Å²) >= 11 is 0. The molecule has 0 radical (unpaired) electrons. The zero-order valence-electron chi connectivity index (χ0n) is 15.4. The molecule has 1 aromatic heterocycles. The molecule has 1 aliphatic carbocycles. The normalized spacial score (nSPS) is 14.0. The van der Waals surface area contributed by atoms with Crippen LogP contribution in [-0.2, 0) is 9.53 Å². The summed E-state index contributed by atoms with van der Waals surface area (Å²) in [4.78, 5) is 24.7. The number of carbonyl (C=O) groups is 2. The van der Waals surface area contributed by atoms with Crippen molar-refractivity contribution in [2.75, 3.05) is 18.2 Å². The largest absolute Gasteiger partial charge is 0.464 e. The van der Waals surface area contributed by atoms with Gasteiger partial charge in [0.2, 0.25) is 5.91 Å². The zero-order chi connectivity index (χ0) is 19.6. The molecule has 27 heavy (non-hydrogen) atoms. The number of nitrogen functional groups attached to an aromatic ring is 1. The number of nitrogens with zero attached hydrogens (tertiary/aromatic N) is 2. The molecule has 0 saturated heterocycles. The third kappa shape index (κ3) is 3.38. The van der Waals surface area contributed by atoms with Gasteiger partial charge in [-0.05, 0) is 37.5 Å². The molecule has 7 heteroatoms. The van der Waals surface area contributed by atoms with Crippen molar-refractivity contribution in [1.29, 1.82) is 5.26 Å². The lowest BCUT2D eigenvalue weighted by Crippen LogP contribution is -2.21. The van der Waals surface area contributed by atoms with Crippen LogP contribution in [-0.4, -0.2) is 23.6 Å². The van der Waals surface area contributed by atoms with Crippen molar-refractivity contribution in [2.45, 2.75) is 32.6 Å². The molecule has 0 unspecified atom stereocenters. The Labute approximate surface area is 157 Å². The number of amides is 1. The number of rotatable bonds is 4. The van der Waals surface area contributed by atoms with Gasteiger partial charge >= 0.3 is 5.97 Å². The molecule has 0 aliphatic heterocycles. The van der Waals surface area contributed by atoms with Crippen LogP contribution >= 0.6 is 0 Å². The number of nitriles is 1. The molecule has 3 rings (SSSR count). The molecule has 3 N–H and O–H groups in total. The Morgan fingerprint density at radius 1 is 1.33 bits per heavy atom. The minimum absolute atomic E-state index is 0.0191. The summed E-state index contributed by atoms with van der Waals surface area (Å²) < 4.78 is 6.36. The van der Waals surface area contributed by atoms with E-state index in [0.29, 0.717) is 11.4 Å². The van der Waals surface area contributed by atoms with Gasteiger partial charge in [0, 0.05) is 17.8 Å². The molecule has 1 fully saturated rings. The van der Waals surface area contributed by atoms with Gasteiger partial charge in [-0.25, -0.2) is 4.79 Å². The Morgan fingerprint density at radius 2 is 2.04 bits per heavy atom. The molecule has 1 heterocycles. The monoisotopic (exact) mass is 366 g/mol. The van der Waals surface area contributed by atoms with Gasteiger partial charge in [-0.3, -0.25) is 4.79 Å². The van der Waals surface area contributed by atoms with Crippen molar-refractivity contribution < 1.29 is 14.3 Å². The Bertz CT molecular complexity index is 933. The molecule has 0 spiro atoms. The van der Waals surface area contributed by atoms with E-state index < -0.39 is 5.97 Å². The molecule has 0 bridgehead atoms. The highest BCUT2D eigenvalue weighted by molar-refractivity contribution is 5.97. The van der Waals surface area contributed by atoms with E-state index in [9.17, 15) is 14.9 Å². The van der Waals surface area contributed by atoms with E-state index in [1.165, 1.54) is 13.3 Å². The molecule has 1 aromatic carbocycles. The van der Waals surface area contributed by atoms with Crippen LogP contribution in [0, 0.1) is 24.2 Å². The average molecular weight is 366 g/mol. The van der Waals surface area contributed by atoms with E-state index in [4.69, 9.17) is 10.5 Å². The summed E-state index contributed by atoms with van der Waals surface area (Å²) in [6, 6.07) is 7.39. The second-order valence-electron chi connectivity index (χ2n) is 6.70. The number of anilines is 2. The fourth-order valence-electron chi connectivity index (χ4n) is 3.55. The number of carbonyl (C=O) groups excluding carboxylic acids is 2. The summed E-state index contributed by atoms with van der Waals surface area (Å²) in [5.74, 6) is -0.564. The summed E-state index contributed by atoms with van der Waals surface area (Å²) in [6.45, 7) is 1.85. The van der Waals surface area contributed by atoms with Crippen molar-refractivity contribution in [3.05, 3.63) is 41.2 Å². The van der Waals surface area contributed by atoms with Crippen LogP contribution in [0.25, 0.3) is 5.69 Å². The van der Waals surface area contributed by atoms with Crippen LogP contribution < -0.4 is 11.1 Å². The lowest BCUT2D eigenvalue weighted by Gasteiger charge is -2.17. The molecule has 1 saturated carbocycles. The number of ether oxygens (including phenoxy) is 1. The van der Waals surface area contributed by atoms with Gasteiger partial charge in [-0.1, -0.05) is 18.9 Å². The number of nitrogens with one attached hydrogen (secondary N) is 1. The Balaban J connectivity index is 2.02. The van der Waals surface area contributed by atoms with Crippen molar-refractivity contribution in [3.63, 3.8) is 0 Å². The van der Waals surface area contributed by atoms with Gasteiger partial charge < -0.3 is 20.4 Å². The number of hydrogen-bond acceptors (Lipinski definition) is 5. The van der Waals surface area contributed by atoms with Gasteiger partial charge in [-0.15, -0.1) is 0 Å². The van der Waals surface area contributed by atoms with Crippen LogP contribution in [0.5, 0.6) is 0 Å². The fraction of sp³-hybridized carbons (Fsp3) is 0.350. The minimum Gasteiger partial charge on any atom is -0.464 e. The molecular formula is C20H22N4O3. The highest BCUT2D eigenvalue weighted by Gasteiger charge is 2.25. The molecular weight excluding hydrogens is 344 g/mol. The van der Waals surface area contributed by atoms with Gasteiger partial charge in [0.05, 0.1) is 24.0 Å². The van der Waals surface area contributed by atoms with E-state index in [-0.39, 0.29) is 28.8 Å². The predicted octanol–water partition coefficient (Wildman–Crippen LogP) is 3.15. The van der Waals surface area contributed by atoms with Gasteiger partial charge in [0.1, 0.15) is 6.07 Å². The van der Waals surface area contributed by atoms with E-state index in [2.05, 4.69) is 5.32 Å². The van der Waals surface area contributed by atoms with Crippen LogP contribution in [0.1, 0.15) is 47.3 Å². The lowest BCUT2D eigenvalue weighted by molar-refractivity contribution is -0.119. The first-order valence-corrected chi connectivity index (χ1v) is 8.88. The van der Waals surface area contributed by atoms with Crippen molar-refractivity contribution in [3.8, 4) is 11.8 Å². The van der Waals surface area contributed by atoms with Crippen LogP contribution in [0.4, 0.5) is 11.4 Å². The second-order valence-corrected chi connectivity index (χ2v) is 6.70. The van der Waals surface area contributed by atoms with Crippen LogP contribution in [0.15, 0.2) is 24.4 Å². The fourth-order valence-corrected chi connectivity index (χ4v) is 3.55.